The fraction of sp³-hybridized carbons (Fsp3) is 0.667. The maximum Gasteiger partial charge on any atom is 0.223 e. The molecular weight excluding hydrogens is 431 g/mol. The predicted molar refractivity (Wildman–Crippen MR) is 127 cm³/mol. The number of amides is 1. The minimum atomic E-state index is 0. The van der Waals surface area contributed by atoms with Crippen molar-refractivity contribution in [1.82, 2.24) is 15.1 Å². The second-order valence-electron chi connectivity index (χ2n) is 7.82. The van der Waals surface area contributed by atoms with E-state index in [4.69, 9.17) is 5.73 Å². The molecule has 1 aromatic carbocycles. The van der Waals surface area contributed by atoms with Crippen LogP contribution in [0.5, 0.6) is 0 Å². The molecule has 2 atom stereocenters. The Hall–Kier alpha value is -0.560. The molecular formula is C21H37Cl3N4O. The van der Waals surface area contributed by atoms with Gasteiger partial charge in [-0.15, -0.1) is 37.2 Å². The largest absolute Gasteiger partial charge is 0.352 e. The molecule has 2 unspecified atom stereocenters. The van der Waals surface area contributed by atoms with Gasteiger partial charge >= 0.3 is 0 Å². The highest BCUT2D eigenvalue weighted by Gasteiger charge is 2.25. The van der Waals surface area contributed by atoms with Crippen LogP contribution in [0.2, 0.25) is 0 Å². The molecule has 2 fully saturated rings. The van der Waals surface area contributed by atoms with Crippen LogP contribution in [0.15, 0.2) is 24.3 Å². The summed E-state index contributed by atoms with van der Waals surface area (Å²) in [4.78, 5) is 17.5. The number of nitrogens with two attached hydrogens (primary N) is 1. The molecule has 5 nitrogen and oxygen atoms in total. The van der Waals surface area contributed by atoms with E-state index >= 15 is 0 Å². The zero-order valence-corrected chi connectivity index (χ0v) is 19.8. The Morgan fingerprint density at radius 1 is 1.03 bits per heavy atom. The summed E-state index contributed by atoms with van der Waals surface area (Å²) in [6, 6.07) is 8.70. The second-order valence-corrected chi connectivity index (χ2v) is 7.82. The van der Waals surface area contributed by atoms with Crippen LogP contribution in [0.4, 0.5) is 0 Å². The first-order chi connectivity index (χ1) is 12.7. The summed E-state index contributed by atoms with van der Waals surface area (Å²) in [6.45, 7) is 9.50. The molecule has 8 heteroatoms. The second kappa shape index (κ2) is 14.4. The van der Waals surface area contributed by atoms with Gasteiger partial charge in [0.15, 0.2) is 0 Å². The third-order valence-corrected chi connectivity index (χ3v) is 5.96. The Balaban J connectivity index is 0.00000261. The molecule has 168 valence electrons. The molecule has 1 heterocycles. The molecule has 0 aromatic heterocycles. The minimum Gasteiger partial charge on any atom is -0.352 e. The lowest BCUT2D eigenvalue weighted by molar-refractivity contribution is -0.126. The lowest BCUT2D eigenvalue weighted by atomic mass is 9.85. The quantitative estimate of drug-likeness (QED) is 0.674. The van der Waals surface area contributed by atoms with Gasteiger partial charge in [-0.05, 0) is 36.9 Å². The van der Waals surface area contributed by atoms with Gasteiger partial charge in [0.25, 0.3) is 0 Å². The minimum absolute atomic E-state index is 0. The Bertz CT molecular complexity index is 597. The fourth-order valence-corrected chi connectivity index (χ4v) is 4.18. The van der Waals surface area contributed by atoms with Gasteiger partial charge in [-0.1, -0.05) is 37.6 Å². The molecule has 1 saturated heterocycles. The summed E-state index contributed by atoms with van der Waals surface area (Å²) in [5, 5.41) is 3.16. The SMILES string of the molecule is CCN1CCN(Cc2ccccc2CNC(=O)C2CCCC(N)C2)CC1.Cl.Cl.Cl. The van der Waals surface area contributed by atoms with Crippen LogP contribution in [-0.2, 0) is 17.9 Å². The third kappa shape index (κ3) is 8.60. The van der Waals surface area contributed by atoms with Crippen molar-refractivity contribution in [2.75, 3.05) is 32.7 Å². The number of rotatable bonds is 6. The first kappa shape index (κ1) is 28.4. The van der Waals surface area contributed by atoms with Gasteiger partial charge in [0.05, 0.1) is 0 Å². The average molecular weight is 468 g/mol. The highest BCUT2D eigenvalue weighted by molar-refractivity contribution is 5.86. The van der Waals surface area contributed by atoms with Crippen molar-refractivity contribution in [2.24, 2.45) is 11.7 Å². The first-order valence-electron chi connectivity index (χ1n) is 10.2. The van der Waals surface area contributed by atoms with Crippen LogP contribution in [-0.4, -0.2) is 54.5 Å². The number of likely N-dealkylation sites (N-methyl/N-ethyl adjacent to an activating group) is 1. The van der Waals surface area contributed by atoms with Gasteiger partial charge < -0.3 is 16.0 Å². The van der Waals surface area contributed by atoms with Gasteiger partial charge in [0, 0.05) is 51.2 Å². The van der Waals surface area contributed by atoms with E-state index in [9.17, 15) is 4.79 Å². The van der Waals surface area contributed by atoms with Crippen LogP contribution in [0, 0.1) is 5.92 Å². The van der Waals surface area contributed by atoms with Crippen LogP contribution in [0.3, 0.4) is 0 Å². The van der Waals surface area contributed by atoms with Crippen molar-refractivity contribution in [2.45, 2.75) is 51.7 Å². The number of benzene rings is 1. The molecule has 0 radical (unpaired) electrons. The lowest BCUT2D eigenvalue weighted by Gasteiger charge is -2.34. The van der Waals surface area contributed by atoms with E-state index < -0.39 is 0 Å². The average Bonchev–Trinajstić information content (AvgIpc) is 2.67. The molecule has 0 bridgehead atoms. The van der Waals surface area contributed by atoms with E-state index in [1.165, 1.54) is 11.1 Å². The van der Waals surface area contributed by atoms with E-state index in [0.29, 0.717) is 6.54 Å². The summed E-state index contributed by atoms with van der Waals surface area (Å²) in [7, 11) is 0. The zero-order chi connectivity index (χ0) is 18.4. The van der Waals surface area contributed by atoms with E-state index in [-0.39, 0.29) is 55.1 Å². The van der Waals surface area contributed by atoms with Crippen LogP contribution in [0.25, 0.3) is 0 Å². The zero-order valence-electron chi connectivity index (χ0n) is 17.3. The Morgan fingerprint density at radius 2 is 1.66 bits per heavy atom. The van der Waals surface area contributed by atoms with Gasteiger partial charge in [0.1, 0.15) is 0 Å². The predicted octanol–water partition coefficient (Wildman–Crippen LogP) is 3.22. The Labute approximate surface area is 194 Å². The standard InChI is InChI=1S/C21H34N4O.3ClH/c1-2-24-10-12-25(13-11-24)16-19-7-4-3-6-18(19)15-23-21(26)17-8-5-9-20(22)14-17;;;/h3-4,6-7,17,20H,2,5,8-16,22H2,1H3,(H,23,26);3*1H. The number of hydrogen-bond acceptors (Lipinski definition) is 4. The Kier molecular flexibility index (Phi) is 14.2. The van der Waals surface area contributed by atoms with E-state index in [0.717, 1.165) is 65.0 Å². The van der Waals surface area contributed by atoms with Crippen molar-refractivity contribution in [3.63, 3.8) is 0 Å². The topological polar surface area (TPSA) is 61.6 Å². The van der Waals surface area contributed by atoms with Gasteiger partial charge in [-0.25, -0.2) is 0 Å². The molecule has 2 aliphatic rings. The number of carbonyl (C=O) groups is 1. The fourth-order valence-electron chi connectivity index (χ4n) is 4.18. The van der Waals surface area contributed by atoms with Gasteiger partial charge in [-0.2, -0.15) is 0 Å². The highest BCUT2D eigenvalue weighted by Crippen LogP contribution is 2.23. The summed E-state index contributed by atoms with van der Waals surface area (Å²) in [6.07, 6.45) is 3.93. The molecule has 1 saturated carbocycles. The van der Waals surface area contributed by atoms with Crippen molar-refractivity contribution >= 4 is 43.1 Å². The van der Waals surface area contributed by atoms with Crippen molar-refractivity contribution in [3.8, 4) is 0 Å². The van der Waals surface area contributed by atoms with Crippen LogP contribution < -0.4 is 11.1 Å². The molecule has 0 spiro atoms. The number of piperazine rings is 1. The number of nitrogens with zero attached hydrogens (tertiary/aromatic N) is 2. The lowest BCUT2D eigenvalue weighted by Crippen LogP contribution is -2.45. The van der Waals surface area contributed by atoms with Crippen LogP contribution >= 0.6 is 37.2 Å². The van der Waals surface area contributed by atoms with Crippen molar-refractivity contribution in [1.29, 1.82) is 0 Å². The monoisotopic (exact) mass is 466 g/mol. The molecule has 29 heavy (non-hydrogen) atoms. The van der Waals surface area contributed by atoms with Gasteiger partial charge in [0.2, 0.25) is 5.91 Å². The highest BCUT2D eigenvalue weighted by atomic mass is 35.5. The van der Waals surface area contributed by atoms with Crippen molar-refractivity contribution < 1.29 is 4.79 Å². The molecule has 3 N–H and O–H groups in total. The van der Waals surface area contributed by atoms with Crippen LogP contribution in [0.1, 0.15) is 43.7 Å². The maximum atomic E-state index is 12.5. The van der Waals surface area contributed by atoms with Gasteiger partial charge in [-0.3, -0.25) is 9.69 Å². The molecule has 1 aromatic rings. The molecule has 1 aliphatic carbocycles. The normalized spacial score (nSPS) is 22.6. The summed E-state index contributed by atoms with van der Waals surface area (Å²) in [5.41, 5.74) is 8.60. The van der Waals surface area contributed by atoms with E-state index in [1.807, 2.05) is 0 Å². The smallest absolute Gasteiger partial charge is 0.223 e. The van der Waals surface area contributed by atoms with Crippen molar-refractivity contribution in [3.05, 3.63) is 35.4 Å². The summed E-state index contributed by atoms with van der Waals surface area (Å²) in [5.74, 6) is 0.263. The Morgan fingerprint density at radius 3 is 2.28 bits per heavy atom. The molecule has 1 amide bonds. The number of carbonyl (C=O) groups excluding carboxylic acids is 1. The summed E-state index contributed by atoms with van der Waals surface area (Å²) < 4.78 is 0. The molecule has 1 aliphatic heterocycles. The van der Waals surface area contributed by atoms with E-state index in [2.05, 4.69) is 46.3 Å². The number of hydrogen-bond donors (Lipinski definition) is 2. The first-order valence-corrected chi connectivity index (χ1v) is 10.2. The van der Waals surface area contributed by atoms with E-state index in [1.54, 1.807) is 0 Å². The number of nitrogens with one attached hydrogen (secondary N) is 1. The third-order valence-electron chi connectivity index (χ3n) is 5.96. The summed E-state index contributed by atoms with van der Waals surface area (Å²) >= 11 is 0. The number of halogens is 3. The maximum absolute atomic E-state index is 12.5. The molecule has 3 rings (SSSR count).